The summed E-state index contributed by atoms with van der Waals surface area (Å²) in [4.78, 5) is 0. The molecule has 1 fully saturated rings. The van der Waals surface area contributed by atoms with Crippen LogP contribution in [-0.4, -0.2) is 32.4 Å². The Labute approximate surface area is 126 Å². The Bertz CT molecular complexity index is 656. The van der Waals surface area contributed by atoms with Gasteiger partial charge in [0, 0.05) is 18.5 Å². The molecule has 1 aliphatic heterocycles. The van der Waals surface area contributed by atoms with Crippen LogP contribution in [0.5, 0.6) is 0 Å². The summed E-state index contributed by atoms with van der Waals surface area (Å²) in [5.74, 6) is 6.11. The molecule has 0 amide bonds. The van der Waals surface area contributed by atoms with Gasteiger partial charge in [0.1, 0.15) is 0 Å². The summed E-state index contributed by atoms with van der Waals surface area (Å²) in [6.45, 7) is 2.63. The number of hydrogen-bond donors (Lipinski definition) is 1. The van der Waals surface area contributed by atoms with E-state index in [2.05, 4.69) is 11.8 Å². The lowest BCUT2D eigenvalue weighted by Crippen LogP contribution is -2.38. The minimum atomic E-state index is -3.18. The first-order valence-corrected chi connectivity index (χ1v) is 8.92. The molecule has 5 heteroatoms. The molecule has 1 saturated heterocycles. The summed E-state index contributed by atoms with van der Waals surface area (Å²) >= 11 is 0. The Morgan fingerprint density at radius 3 is 2.81 bits per heavy atom. The lowest BCUT2D eigenvalue weighted by molar-refractivity contribution is 0.305. The SMILES string of the molecule is CCc1cc(C#CCCO)ccc1N1CCCCS1(=O)=O. The van der Waals surface area contributed by atoms with Gasteiger partial charge in [0.15, 0.2) is 0 Å². The van der Waals surface area contributed by atoms with Crippen molar-refractivity contribution < 1.29 is 13.5 Å². The summed E-state index contributed by atoms with van der Waals surface area (Å²) in [6.07, 6.45) is 2.85. The van der Waals surface area contributed by atoms with Gasteiger partial charge in [0.05, 0.1) is 18.0 Å². The lowest BCUT2D eigenvalue weighted by Gasteiger charge is -2.30. The van der Waals surface area contributed by atoms with E-state index in [0.29, 0.717) is 13.0 Å². The molecule has 0 atom stereocenters. The Kier molecular flexibility index (Phi) is 5.27. The molecule has 0 spiro atoms. The van der Waals surface area contributed by atoms with Crippen LogP contribution in [-0.2, 0) is 16.4 Å². The molecule has 0 aliphatic carbocycles. The highest BCUT2D eigenvalue weighted by Crippen LogP contribution is 2.28. The summed E-state index contributed by atoms with van der Waals surface area (Å²) in [6, 6.07) is 5.65. The Hall–Kier alpha value is -1.51. The van der Waals surface area contributed by atoms with Crippen LogP contribution < -0.4 is 4.31 Å². The minimum Gasteiger partial charge on any atom is -0.395 e. The number of sulfonamides is 1. The summed E-state index contributed by atoms with van der Waals surface area (Å²) in [5, 5.41) is 8.74. The predicted octanol–water partition coefficient (Wildman–Crippen LogP) is 1.91. The van der Waals surface area contributed by atoms with E-state index >= 15 is 0 Å². The molecule has 0 radical (unpaired) electrons. The number of hydrogen-bond acceptors (Lipinski definition) is 3. The Morgan fingerprint density at radius 2 is 2.14 bits per heavy atom. The summed E-state index contributed by atoms with van der Waals surface area (Å²) in [5.41, 5.74) is 2.64. The highest BCUT2D eigenvalue weighted by Gasteiger charge is 2.27. The van der Waals surface area contributed by atoms with Crippen molar-refractivity contribution in [3.05, 3.63) is 29.3 Å². The number of nitrogens with zero attached hydrogens (tertiary/aromatic N) is 1. The molecule has 1 aromatic carbocycles. The largest absolute Gasteiger partial charge is 0.395 e. The van der Waals surface area contributed by atoms with Crippen molar-refractivity contribution in [3.8, 4) is 11.8 Å². The molecule has 0 bridgehead atoms. The Balaban J connectivity index is 2.35. The third-order valence-corrected chi connectivity index (χ3v) is 5.40. The third-order valence-electron chi connectivity index (χ3n) is 3.55. The molecule has 1 heterocycles. The van der Waals surface area contributed by atoms with Crippen LogP contribution in [0.4, 0.5) is 5.69 Å². The van der Waals surface area contributed by atoms with Crippen molar-refractivity contribution >= 4 is 15.7 Å². The van der Waals surface area contributed by atoms with Gasteiger partial charge in [-0.05, 0) is 43.0 Å². The third kappa shape index (κ3) is 3.78. The molecular formula is C16H21NO3S. The van der Waals surface area contributed by atoms with Crippen LogP contribution in [0, 0.1) is 11.8 Å². The van der Waals surface area contributed by atoms with Gasteiger partial charge >= 0.3 is 0 Å². The van der Waals surface area contributed by atoms with Crippen molar-refractivity contribution in [2.75, 3.05) is 23.2 Å². The standard InChI is InChI=1S/C16H21NO3S/c1-2-15-13-14(7-3-5-11-18)8-9-16(15)17-10-4-6-12-21(17,19)20/h8-9,13,18H,2,4-6,10-12H2,1H3. The average molecular weight is 307 g/mol. The lowest BCUT2D eigenvalue weighted by atomic mass is 10.1. The topological polar surface area (TPSA) is 57.6 Å². The van der Waals surface area contributed by atoms with E-state index in [-0.39, 0.29) is 12.4 Å². The van der Waals surface area contributed by atoms with Crippen molar-refractivity contribution in [1.29, 1.82) is 0 Å². The first kappa shape index (κ1) is 15.9. The maximum absolute atomic E-state index is 12.2. The van der Waals surface area contributed by atoms with E-state index in [1.54, 1.807) is 4.31 Å². The van der Waals surface area contributed by atoms with Crippen molar-refractivity contribution in [1.82, 2.24) is 0 Å². The highest BCUT2D eigenvalue weighted by atomic mass is 32.2. The predicted molar refractivity (Wildman–Crippen MR) is 84.8 cm³/mol. The Morgan fingerprint density at radius 1 is 1.33 bits per heavy atom. The van der Waals surface area contributed by atoms with Gasteiger partial charge in [0.2, 0.25) is 10.0 Å². The zero-order valence-corrected chi connectivity index (χ0v) is 13.1. The average Bonchev–Trinajstić information content (AvgIpc) is 2.47. The number of aliphatic hydroxyl groups is 1. The van der Waals surface area contributed by atoms with Crippen LogP contribution in [0.15, 0.2) is 18.2 Å². The van der Waals surface area contributed by atoms with Gasteiger partial charge in [-0.2, -0.15) is 0 Å². The molecule has 1 N–H and O–H groups in total. The van der Waals surface area contributed by atoms with E-state index in [9.17, 15) is 8.42 Å². The van der Waals surface area contributed by atoms with Gasteiger partial charge in [0.25, 0.3) is 0 Å². The van der Waals surface area contributed by atoms with Gasteiger partial charge in [-0.3, -0.25) is 4.31 Å². The van der Waals surface area contributed by atoms with E-state index in [0.717, 1.165) is 36.1 Å². The van der Waals surface area contributed by atoms with Gasteiger partial charge in [-0.15, -0.1) is 0 Å². The molecule has 1 aliphatic rings. The molecule has 2 rings (SSSR count). The molecule has 0 aromatic heterocycles. The number of benzene rings is 1. The van der Waals surface area contributed by atoms with Crippen LogP contribution in [0.2, 0.25) is 0 Å². The van der Waals surface area contributed by atoms with E-state index < -0.39 is 10.0 Å². The summed E-state index contributed by atoms with van der Waals surface area (Å²) in [7, 11) is -3.18. The highest BCUT2D eigenvalue weighted by molar-refractivity contribution is 7.92. The van der Waals surface area contributed by atoms with Crippen LogP contribution >= 0.6 is 0 Å². The van der Waals surface area contributed by atoms with Crippen molar-refractivity contribution in [2.45, 2.75) is 32.6 Å². The van der Waals surface area contributed by atoms with Gasteiger partial charge in [-0.25, -0.2) is 8.42 Å². The first-order chi connectivity index (χ1) is 10.1. The molecule has 21 heavy (non-hydrogen) atoms. The van der Waals surface area contributed by atoms with E-state index in [1.165, 1.54) is 0 Å². The van der Waals surface area contributed by atoms with Gasteiger partial charge in [-0.1, -0.05) is 18.8 Å². The number of anilines is 1. The fraction of sp³-hybridized carbons (Fsp3) is 0.500. The van der Waals surface area contributed by atoms with Crippen molar-refractivity contribution in [3.63, 3.8) is 0 Å². The molecule has 1 aromatic rings. The van der Waals surface area contributed by atoms with Gasteiger partial charge < -0.3 is 5.11 Å². The molecule has 114 valence electrons. The molecule has 0 saturated carbocycles. The monoisotopic (exact) mass is 307 g/mol. The minimum absolute atomic E-state index is 0.0533. The number of aryl methyl sites for hydroxylation is 1. The zero-order valence-electron chi connectivity index (χ0n) is 12.3. The van der Waals surface area contributed by atoms with Crippen LogP contribution in [0.1, 0.15) is 37.3 Å². The maximum Gasteiger partial charge on any atom is 0.235 e. The fourth-order valence-corrected chi connectivity index (χ4v) is 4.14. The smallest absolute Gasteiger partial charge is 0.235 e. The number of rotatable bonds is 3. The summed E-state index contributed by atoms with van der Waals surface area (Å²) < 4.78 is 26.0. The zero-order chi connectivity index (χ0) is 15.3. The van der Waals surface area contributed by atoms with Crippen molar-refractivity contribution in [2.24, 2.45) is 0 Å². The quantitative estimate of drug-likeness (QED) is 0.868. The second-order valence-electron chi connectivity index (χ2n) is 5.07. The van der Waals surface area contributed by atoms with Crippen LogP contribution in [0.25, 0.3) is 0 Å². The molecule has 0 unspecified atom stereocenters. The second kappa shape index (κ2) is 6.97. The molecular weight excluding hydrogens is 286 g/mol. The van der Waals surface area contributed by atoms with E-state index in [4.69, 9.17) is 5.11 Å². The molecule has 4 nitrogen and oxygen atoms in total. The van der Waals surface area contributed by atoms with E-state index in [1.807, 2.05) is 25.1 Å². The maximum atomic E-state index is 12.2. The van der Waals surface area contributed by atoms with Crippen LogP contribution in [0.3, 0.4) is 0 Å². The second-order valence-corrected chi connectivity index (χ2v) is 7.08. The number of aliphatic hydroxyl groups excluding tert-OH is 1. The fourth-order valence-electron chi connectivity index (χ4n) is 2.47. The first-order valence-electron chi connectivity index (χ1n) is 7.31. The normalized spacial score (nSPS) is 17.1.